The third kappa shape index (κ3) is 4.57. The number of aryl methyl sites for hydroxylation is 1. The molecule has 5 heteroatoms. The quantitative estimate of drug-likeness (QED) is 0.905. The molecule has 0 bridgehead atoms. The summed E-state index contributed by atoms with van der Waals surface area (Å²) in [5.41, 5.74) is 3.88. The van der Waals surface area contributed by atoms with Crippen LogP contribution in [0.5, 0.6) is 0 Å². The van der Waals surface area contributed by atoms with Gasteiger partial charge >= 0.3 is 6.03 Å². The van der Waals surface area contributed by atoms with E-state index < -0.39 is 0 Å². The van der Waals surface area contributed by atoms with Gasteiger partial charge in [-0.1, -0.05) is 30.3 Å². The molecule has 126 valence electrons. The number of hydrogen-bond donors (Lipinski definition) is 2. The molecule has 0 radical (unpaired) electrons. The fourth-order valence-corrected chi connectivity index (χ4v) is 2.71. The zero-order valence-electron chi connectivity index (χ0n) is 13.9. The molecule has 2 aromatic rings. The lowest BCUT2D eigenvalue weighted by atomic mass is 10.2. The number of carbonyl (C=O) groups is 1. The Labute approximate surface area is 142 Å². The van der Waals surface area contributed by atoms with Gasteiger partial charge in [0.2, 0.25) is 0 Å². The van der Waals surface area contributed by atoms with Gasteiger partial charge in [-0.2, -0.15) is 0 Å². The number of nitrogens with one attached hydrogen (secondary N) is 2. The average Bonchev–Trinajstić information content (AvgIpc) is 2.60. The first-order chi connectivity index (χ1) is 11.7. The molecule has 2 aromatic carbocycles. The molecule has 0 spiro atoms. The van der Waals surface area contributed by atoms with Gasteiger partial charge in [-0.15, -0.1) is 0 Å². The van der Waals surface area contributed by atoms with Gasteiger partial charge in [0.25, 0.3) is 0 Å². The minimum Gasteiger partial charge on any atom is -0.379 e. The van der Waals surface area contributed by atoms with Crippen LogP contribution in [0.2, 0.25) is 0 Å². The molecule has 2 amide bonds. The van der Waals surface area contributed by atoms with Crippen molar-refractivity contribution in [3.63, 3.8) is 0 Å². The van der Waals surface area contributed by atoms with Gasteiger partial charge < -0.3 is 15.4 Å². The summed E-state index contributed by atoms with van der Waals surface area (Å²) < 4.78 is 5.36. The first kappa shape index (κ1) is 16.5. The van der Waals surface area contributed by atoms with Gasteiger partial charge in [0, 0.05) is 31.0 Å². The van der Waals surface area contributed by atoms with Crippen LogP contribution in [0.25, 0.3) is 0 Å². The summed E-state index contributed by atoms with van der Waals surface area (Å²) >= 11 is 0. The Morgan fingerprint density at radius 3 is 2.46 bits per heavy atom. The largest absolute Gasteiger partial charge is 0.379 e. The maximum atomic E-state index is 12.1. The summed E-state index contributed by atoms with van der Waals surface area (Å²) in [5.74, 6) is 0. The third-order valence-electron chi connectivity index (χ3n) is 4.11. The van der Waals surface area contributed by atoms with Gasteiger partial charge in [-0.05, 0) is 36.2 Å². The molecule has 1 aliphatic heterocycles. The topological polar surface area (TPSA) is 53.6 Å². The minimum atomic E-state index is -0.231. The highest BCUT2D eigenvalue weighted by molar-refractivity contribution is 6.00. The number of ether oxygens (including phenoxy) is 1. The van der Waals surface area contributed by atoms with Gasteiger partial charge in [-0.3, -0.25) is 4.90 Å². The lowest BCUT2D eigenvalue weighted by molar-refractivity contribution is 0.0342. The second kappa shape index (κ2) is 7.95. The number of carbonyl (C=O) groups excluding carboxylic acids is 1. The summed E-state index contributed by atoms with van der Waals surface area (Å²) in [7, 11) is 0. The minimum absolute atomic E-state index is 0.231. The van der Waals surface area contributed by atoms with Crippen molar-refractivity contribution in [2.45, 2.75) is 13.5 Å². The van der Waals surface area contributed by atoms with Crippen LogP contribution in [0.4, 0.5) is 16.2 Å². The Hall–Kier alpha value is -2.37. The molecule has 1 aliphatic rings. The Morgan fingerprint density at radius 2 is 1.75 bits per heavy atom. The van der Waals surface area contributed by atoms with Crippen LogP contribution in [0, 0.1) is 6.92 Å². The maximum absolute atomic E-state index is 12.1. The summed E-state index contributed by atoms with van der Waals surface area (Å²) in [4.78, 5) is 14.5. The second-order valence-electron chi connectivity index (χ2n) is 5.98. The highest BCUT2D eigenvalue weighted by atomic mass is 16.5. The first-order valence-electron chi connectivity index (χ1n) is 8.23. The summed E-state index contributed by atoms with van der Waals surface area (Å²) in [6, 6.07) is 15.5. The molecular formula is C19H23N3O2. The van der Waals surface area contributed by atoms with Crippen LogP contribution in [0.15, 0.2) is 48.5 Å². The highest BCUT2D eigenvalue weighted by Crippen LogP contribution is 2.15. The van der Waals surface area contributed by atoms with E-state index in [0.717, 1.165) is 49.8 Å². The normalized spacial score (nSPS) is 15.0. The number of benzene rings is 2. The molecule has 0 aliphatic carbocycles. The van der Waals surface area contributed by atoms with Gasteiger partial charge in [0.1, 0.15) is 0 Å². The van der Waals surface area contributed by atoms with Crippen molar-refractivity contribution < 1.29 is 9.53 Å². The average molecular weight is 325 g/mol. The van der Waals surface area contributed by atoms with E-state index >= 15 is 0 Å². The molecule has 2 N–H and O–H groups in total. The maximum Gasteiger partial charge on any atom is 0.323 e. The van der Waals surface area contributed by atoms with Crippen LogP contribution in [-0.2, 0) is 11.3 Å². The summed E-state index contributed by atoms with van der Waals surface area (Å²) in [5, 5.41) is 5.73. The molecule has 1 saturated heterocycles. The van der Waals surface area contributed by atoms with Crippen molar-refractivity contribution in [3.05, 3.63) is 59.7 Å². The van der Waals surface area contributed by atoms with E-state index in [4.69, 9.17) is 4.74 Å². The Morgan fingerprint density at radius 1 is 1.04 bits per heavy atom. The zero-order chi connectivity index (χ0) is 16.8. The van der Waals surface area contributed by atoms with E-state index in [9.17, 15) is 4.79 Å². The standard InChI is InChI=1S/C19H23N3O2/c1-15-4-2-3-5-18(15)21-19(23)20-17-8-6-16(7-9-17)14-22-10-12-24-13-11-22/h2-9H,10-14H2,1H3,(H2,20,21,23). The number of anilines is 2. The number of rotatable bonds is 4. The predicted octanol–water partition coefficient (Wildman–Crippen LogP) is 3.47. The lowest BCUT2D eigenvalue weighted by Crippen LogP contribution is -2.35. The van der Waals surface area contributed by atoms with E-state index in [1.807, 2.05) is 43.3 Å². The monoisotopic (exact) mass is 325 g/mol. The smallest absolute Gasteiger partial charge is 0.323 e. The number of urea groups is 1. The second-order valence-corrected chi connectivity index (χ2v) is 5.98. The Bertz CT molecular complexity index is 679. The molecule has 0 unspecified atom stereocenters. The van der Waals surface area contributed by atoms with Crippen molar-refractivity contribution in [1.29, 1.82) is 0 Å². The number of morpholine rings is 1. The van der Waals surface area contributed by atoms with Crippen molar-refractivity contribution >= 4 is 17.4 Å². The number of para-hydroxylation sites is 1. The molecule has 1 heterocycles. The molecular weight excluding hydrogens is 302 g/mol. The van der Waals surface area contributed by atoms with Crippen LogP contribution in [0.3, 0.4) is 0 Å². The van der Waals surface area contributed by atoms with E-state index in [1.165, 1.54) is 5.56 Å². The van der Waals surface area contributed by atoms with Crippen molar-refractivity contribution in [2.75, 3.05) is 36.9 Å². The predicted molar refractivity (Wildman–Crippen MR) is 96.4 cm³/mol. The highest BCUT2D eigenvalue weighted by Gasteiger charge is 2.10. The molecule has 0 aromatic heterocycles. The van der Waals surface area contributed by atoms with Gasteiger partial charge in [0.15, 0.2) is 0 Å². The first-order valence-corrected chi connectivity index (χ1v) is 8.23. The van der Waals surface area contributed by atoms with Crippen molar-refractivity contribution in [2.24, 2.45) is 0 Å². The van der Waals surface area contributed by atoms with Crippen molar-refractivity contribution in [3.8, 4) is 0 Å². The molecule has 0 saturated carbocycles. The SMILES string of the molecule is Cc1ccccc1NC(=O)Nc1ccc(CN2CCOCC2)cc1. The molecule has 3 rings (SSSR count). The molecule has 5 nitrogen and oxygen atoms in total. The van der Waals surface area contributed by atoms with Gasteiger partial charge in [-0.25, -0.2) is 4.79 Å². The lowest BCUT2D eigenvalue weighted by Gasteiger charge is -2.26. The van der Waals surface area contributed by atoms with Crippen LogP contribution >= 0.6 is 0 Å². The van der Waals surface area contributed by atoms with E-state index in [1.54, 1.807) is 0 Å². The van der Waals surface area contributed by atoms with Crippen LogP contribution in [0.1, 0.15) is 11.1 Å². The fourth-order valence-electron chi connectivity index (χ4n) is 2.71. The van der Waals surface area contributed by atoms with Gasteiger partial charge in [0.05, 0.1) is 13.2 Å². The molecule has 1 fully saturated rings. The fraction of sp³-hybridized carbons (Fsp3) is 0.316. The summed E-state index contributed by atoms with van der Waals surface area (Å²) in [6.07, 6.45) is 0. The molecule has 0 atom stereocenters. The summed E-state index contributed by atoms with van der Waals surface area (Å²) in [6.45, 7) is 6.43. The number of hydrogen-bond acceptors (Lipinski definition) is 3. The number of nitrogens with zero attached hydrogens (tertiary/aromatic N) is 1. The molecule has 24 heavy (non-hydrogen) atoms. The Balaban J connectivity index is 1.53. The van der Waals surface area contributed by atoms with Crippen LogP contribution < -0.4 is 10.6 Å². The van der Waals surface area contributed by atoms with E-state index in [-0.39, 0.29) is 6.03 Å². The van der Waals surface area contributed by atoms with E-state index in [0.29, 0.717) is 0 Å². The van der Waals surface area contributed by atoms with Crippen LogP contribution in [-0.4, -0.2) is 37.2 Å². The van der Waals surface area contributed by atoms with E-state index in [2.05, 4.69) is 27.7 Å². The third-order valence-corrected chi connectivity index (χ3v) is 4.11. The number of amides is 2. The zero-order valence-corrected chi connectivity index (χ0v) is 13.9. The van der Waals surface area contributed by atoms with Crippen molar-refractivity contribution in [1.82, 2.24) is 4.90 Å². The Kier molecular flexibility index (Phi) is 5.46.